The van der Waals surface area contributed by atoms with Gasteiger partial charge in [-0.25, -0.2) is 4.79 Å². The largest absolute Gasteiger partial charge is 0.495 e. The minimum absolute atomic E-state index is 0.125. The molecule has 6 heteroatoms. The molecule has 22 heavy (non-hydrogen) atoms. The minimum Gasteiger partial charge on any atom is -0.495 e. The summed E-state index contributed by atoms with van der Waals surface area (Å²) in [4.78, 5) is 14.4. The number of urea groups is 1. The molecule has 0 radical (unpaired) electrons. The number of aliphatic hydroxyl groups is 1. The molecule has 1 aromatic carbocycles. The van der Waals surface area contributed by atoms with Crippen molar-refractivity contribution in [3.8, 4) is 5.75 Å². The fourth-order valence-corrected chi connectivity index (χ4v) is 2.50. The molecule has 0 aromatic heterocycles. The Hall–Kier alpha value is -1.46. The van der Waals surface area contributed by atoms with Crippen LogP contribution in [0.2, 0.25) is 5.02 Å². The van der Waals surface area contributed by atoms with E-state index < -0.39 is 0 Å². The first kappa shape index (κ1) is 16.9. The minimum atomic E-state index is -0.125. The van der Waals surface area contributed by atoms with E-state index in [9.17, 15) is 4.79 Å². The zero-order valence-corrected chi connectivity index (χ0v) is 13.8. The Bertz CT molecular complexity index is 532. The van der Waals surface area contributed by atoms with Gasteiger partial charge in [0.05, 0.1) is 12.8 Å². The summed E-state index contributed by atoms with van der Waals surface area (Å²) in [5.41, 5.74) is 1.51. The number of carbonyl (C=O) groups is 1. The number of aliphatic hydroxyl groups excluding tert-OH is 1. The van der Waals surface area contributed by atoms with Gasteiger partial charge in [-0.3, -0.25) is 0 Å². The summed E-state index contributed by atoms with van der Waals surface area (Å²) < 4.78 is 5.29. The third-order valence-electron chi connectivity index (χ3n) is 3.78. The molecule has 1 aliphatic carbocycles. The maximum absolute atomic E-state index is 12.5. The van der Waals surface area contributed by atoms with Crippen LogP contribution in [0.4, 0.5) is 10.5 Å². The van der Waals surface area contributed by atoms with E-state index in [1.165, 1.54) is 0 Å². The third-order valence-corrected chi connectivity index (χ3v) is 4.19. The van der Waals surface area contributed by atoms with Crippen LogP contribution in [0, 0.1) is 6.92 Å². The van der Waals surface area contributed by atoms with Gasteiger partial charge in [0.1, 0.15) is 5.75 Å². The summed E-state index contributed by atoms with van der Waals surface area (Å²) in [5.74, 6) is 0.551. The van der Waals surface area contributed by atoms with Gasteiger partial charge in [-0.15, -0.1) is 0 Å². The van der Waals surface area contributed by atoms with Crippen molar-refractivity contribution in [2.45, 2.75) is 38.6 Å². The maximum Gasteiger partial charge on any atom is 0.322 e. The first-order chi connectivity index (χ1) is 10.6. The number of nitrogens with one attached hydrogen (secondary N) is 1. The number of nitrogens with zero attached hydrogens (tertiary/aromatic N) is 1. The second kappa shape index (κ2) is 7.70. The van der Waals surface area contributed by atoms with Crippen molar-refractivity contribution in [2.24, 2.45) is 0 Å². The first-order valence-corrected chi connectivity index (χ1v) is 7.97. The first-order valence-electron chi connectivity index (χ1n) is 7.59. The van der Waals surface area contributed by atoms with E-state index in [4.69, 9.17) is 21.4 Å². The molecule has 2 rings (SSSR count). The van der Waals surface area contributed by atoms with Crippen molar-refractivity contribution >= 4 is 23.3 Å². The molecule has 0 aliphatic heterocycles. The highest BCUT2D eigenvalue weighted by atomic mass is 35.5. The average molecular weight is 327 g/mol. The van der Waals surface area contributed by atoms with Crippen molar-refractivity contribution in [1.29, 1.82) is 0 Å². The van der Waals surface area contributed by atoms with Crippen LogP contribution in [0.3, 0.4) is 0 Å². The Morgan fingerprint density at radius 2 is 2.18 bits per heavy atom. The molecular formula is C16H23ClN2O3. The number of rotatable bonds is 7. The maximum atomic E-state index is 12.5. The molecule has 0 bridgehead atoms. The molecule has 0 heterocycles. The monoisotopic (exact) mass is 326 g/mol. The lowest BCUT2D eigenvalue weighted by Gasteiger charge is -2.23. The zero-order valence-electron chi connectivity index (χ0n) is 13.1. The highest BCUT2D eigenvalue weighted by molar-refractivity contribution is 6.31. The highest BCUT2D eigenvalue weighted by Gasteiger charge is 2.32. The molecule has 1 fully saturated rings. The lowest BCUT2D eigenvalue weighted by Crippen LogP contribution is -2.37. The quantitative estimate of drug-likeness (QED) is 0.755. The molecule has 0 unspecified atom stereocenters. The Balaban J connectivity index is 2.07. The third kappa shape index (κ3) is 4.27. The second-order valence-corrected chi connectivity index (χ2v) is 5.99. The van der Waals surface area contributed by atoms with E-state index in [2.05, 4.69) is 5.32 Å². The number of ether oxygens (including phenoxy) is 1. The summed E-state index contributed by atoms with van der Waals surface area (Å²) in [5, 5.41) is 12.4. The van der Waals surface area contributed by atoms with Crippen LogP contribution < -0.4 is 10.1 Å². The van der Waals surface area contributed by atoms with Gasteiger partial charge in [0.25, 0.3) is 0 Å². The number of carbonyl (C=O) groups excluding carboxylic acids is 1. The fraction of sp³-hybridized carbons (Fsp3) is 0.562. The van der Waals surface area contributed by atoms with Gasteiger partial charge in [0.15, 0.2) is 0 Å². The summed E-state index contributed by atoms with van der Waals surface area (Å²) in [6.45, 7) is 2.70. The number of hydrogen-bond donors (Lipinski definition) is 2. The molecule has 0 spiro atoms. The SMILES string of the molecule is COc1cc(Cl)c(C)cc1NC(=O)N(CCCCO)C1CC1. The molecule has 2 N–H and O–H groups in total. The van der Waals surface area contributed by atoms with Crippen LogP contribution in [0.5, 0.6) is 5.75 Å². The number of halogens is 1. The van der Waals surface area contributed by atoms with Gasteiger partial charge in [-0.2, -0.15) is 0 Å². The van der Waals surface area contributed by atoms with Gasteiger partial charge < -0.3 is 20.1 Å². The van der Waals surface area contributed by atoms with Gasteiger partial charge in [-0.05, 0) is 44.2 Å². The molecular weight excluding hydrogens is 304 g/mol. The average Bonchev–Trinajstić information content (AvgIpc) is 3.31. The van der Waals surface area contributed by atoms with Gasteiger partial charge in [-0.1, -0.05) is 11.6 Å². The van der Waals surface area contributed by atoms with Crippen molar-refractivity contribution in [2.75, 3.05) is 25.6 Å². The number of hydrogen-bond acceptors (Lipinski definition) is 3. The smallest absolute Gasteiger partial charge is 0.322 e. The molecule has 1 saturated carbocycles. The van der Waals surface area contributed by atoms with Crippen LogP contribution >= 0.6 is 11.6 Å². The number of benzene rings is 1. The predicted molar refractivity (Wildman–Crippen MR) is 87.8 cm³/mol. The van der Waals surface area contributed by atoms with E-state index in [1.54, 1.807) is 13.2 Å². The molecule has 122 valence electrons. The van der Waals surface area contributed by atoms with E-state index in [-0.39, 0.29) is 12.6 Å². The number of amides is 2. The Labute approximate surface area is 136 Å². The standard InChI is InChI=1S/C16H23ClN2O3/c1-11-9-14(15(22-2)10-13(11)17)18-16(21)19(12-5-6-12)7-3-4-8-20/h9-10,12,20H,3-8H2,1-2H3,(H,18,21). The van der Waals surface area contributed by atoms with E-state index in [0.717, 1.165) is 24.8 Å². The number of unbranched alkanes of at least 4 members (excludes halogenated alkanes) is 1. The molecule has 1 aromatic rings. The summed E-state index contributed by atoms with van der Waals surface area (Å²) in [6.07, 6.45) is 3.60. The van der Waals surface area contributed by atoms with Crippen LogP contribution in [0.15, 0.2) is 12.1 Å². The Morgan fingerprint density at radius 3 is 2.77 bits per heavy atom. The van der Waals surface area contributed by atoms with E-state index >= 15 is 0 Å². The van der Waals surface area contributed by atoms with Crippen molar-refractivity contribution in [1.82, 2.24) is 4.90 Å². The summed E-state index contributed by atoms with van der Waals surface area (Å²) >= 11 is 6.08. The van der Waals surface area contributed by atoms with Crippen LogP contribution in [0.1, 0.15) is 31.2 Å². The lowest BCUT2D eigenvalue weighted by atomic mass is 10.2. The molecule has 1 aliphatic rings. The Kier molecular flexibility index (Phi) is 5.91. The van der Waals surface area contributed by atoms with Gasteiger partial charge >= 0.3 is 6.03 Å². The fourth-order valence-electron chi connectivity index (χ4n) is 2.35. The summed E-state index contributed by atoms with van der Waals surface area (Å²) in [6, 6.07) is 3.72. The summed E-state index contributed by atoms with van der Waals surface area (Å²) in [7, 11) is 1.55. The van der Waals surface area contributed by atoms with E-state index in [1.807, 2.05) is 17.9 Å². The zero-order chi connectivity index (χ0) is 16.1. The van der Waals surface area contributed by atoms with Crippen molar-refractivity contribution in [3.05, 3.63) is 22.7 Å². The normalized spacial score (nSPS) is 13.8. The van der Waals surface area contributed by atoms with Gasteiger partial charge in [0.2, 0.25) is 0 Å². The Morgan fingerprint density at radius 1 is 1.45 bits per heavy atom. The number of methoxy groups -OCH3 is 1. The lowest BCUT2D eigenvalue weighted by molar-refractivity contribution is 0.204. The van der Waals surface area contributed by atoms with Crippen LogP contribution in [-0.2, 0) is 0 Å². The molecule has 5 nitrogen and oxygen atoms in total. The van der Waals surface area contributed by atoms with Gasteiger partial charge in [0, 0.05) is 30.3 Å². The van der Waals surface area contributed by atoms with Crippen LogP contribution in [0.25, 0.3) is 0 Å². The molecule has 0 saturated heterocycles. The predicted octanol–water partition coefficient (Wildman–Crippen LogP) is 3.43. The highest BCUT2D eigenvalue weighted by Crippen LogP contribution is 2.32. The van der Waals surface area contributed by atoms with E-state index in [0.29, 0.717) is 35.5 Å². The number of aryl methyl sites for hydroxylation is 1. The molecule has 2 amide bonds. The topological polar surface area (TPSA) is 61.8 Å². The molecule has 0 atom stereocenters. The second-order valence-electron chi connectivity index (χ2n) is 5.59. The number of anilines is 1. The van der Waals surface area contributed by atoms with Crippen LogP contribution in [-0.4, -0.2) is 42.3 Å². The van der Waals surface area contributed by atoms with Crippen molar-refractivity contribution < 1.29 is 14.6 Å². The van der Waals surface area contributed by atoms with Crippen molar-refractivity contribution in [3.63, 3.8) is 0 Å².